The normalized spacial score (nSPS) is 10.3. The molecular weight excluding hydrogens is 176 g/mol. The topological polar surface area (TPSA) is 55.0 Å². The average Bonchev–Trinajstić information content (AvgIpc) is 2.16. The van der Waals surface area contributed by atoms with Crippen molar-refractivity contribution in [2.45, 2.75) is 27.7 Å². The summed E-state index contributed by atoms with van der Waals surface area (Å²) in [7, 11) is 0. The molecule has 1 aromatic rings. The molecule has 0 atom stereocenters. The van der Waals surface area contributed by atoms with Gasteiger partial charge in [-0.2, -0.15) is 4.98 Å². The van der Waals surface area contributed by atoms with Gasteiger partial charge in [0.25, 0.3) is 0 Å². The number of hydrogen-bond donors (Lipinski definition) is 1. The Bertz CT molecular complexity index is 295. The van der Waals surface area contributed by atoms with Gasteiger partial charge in [-0.3, -0.25) is 0 Å². The molecule has 0 saturated carbocycles. The lowest BCUT2D eigenvalue weighted by molar-refractivity contribution is 0.815. The van der Waals surface area contributed by atoms with Gasteiger partial charge in [-0.05, 0) is 27.7 Å². The first-order chi connectivity index (χ1) is 6.60. The van der Waals surface area contributed by atoms with E-state index in [0.29, 0.717) is 5.82 Å². The summed E-state index contributed by atoms with van der Waals surface area (Å²) in [4.78, 5) is 10.8. The van der Waals surface area contributed by atoms with Crippen LogP contribution in [0.4, 0.5) is 11.8 Å². The second-order valence-electron chi connectivity index (χ2n) is 3.29. The molecule has 0 bridgehead atoms. The van der Waals surface area contributed by atoms with Crippen LogP contribution in [0.15, 0.2) is 0 Å². The molecule has 0 unspecified atom stereocenters. The van der Waals surface area contributed by atoms with Crippen molar-refractivity contribution in [2.24, 2.45) is 0 Å². The number of rotatable bonds is 3. The van der Waals surface area contributed by atoms with Crippen molar-refractivity contribution in [1.82, 2.24) is 9.97 Å². The highest BCUT2D eigenvalue weighted by atomic mass is 15.2. The first kappa shape index (κ1) is 10.8. The van der Waals surface area contributed by atoms with Crippen LogP contribution in [-0.2, 0) is 0 Å². The van der Waals surface area contributed by atoms with Crippen LogP contribution in [-0.4, -0.2) is 23.1 Å². The summed E-state index contributed by atoms with van der Waals surface area (Å²) in [5.74, 6) is 1.31. The zero-order valence-electron chi connectivity index (χ0n) is 9.33. The summed E-state index contributed by atoms with van der Waals surface area (Å²) >= 11 is 0. The minimum absolute atomic E-state index is 0.583. The van der Waals surface area contributed by atoms with Crippen LogP contribution in [0, 0.1) is 13.8 Å². The Morgan fingerprint density at radius 3 is 2.14 bits per heavy atom. The summed E-state index contributed by atoms with van der Waals surface area (Å²) in [6, 6.07) is 0. The number of nitrogens with zero attached hydrogens (tertiary/aromatic N) is 3. The van der Waals surface area contributed by atoms with Crippen LogP contribution < -0.4 is 10.6 Å². The number of hydrogen-bond acceptors (Lipinski definition) is 4. The highest BCUT2D eigenvalue weighted by molar-refractivity contribution is 5.46. The fourth-order valence-electron chi connectivity index (χ4n) is 1.28. The fraction of sp³-hybridized carbons (Fsp3) is 0.600. The van der Waals surface area contributed by atoms with E-state index in [0.717, 1.165) is 30.3 Å². The van der Waals surface area contributed by atoms with Gasteiger partial charge in [-0.25, -0.2) is 4.98 Å². The van der Waals surface area contributed by atoms with Gasteiger partial charge in [0.2, 0.25) is 5.95 Å². The molecule has 0 fully saturated rings. The molecule has 4 nitrogen and oxygen atoms in total. The number of anilines is 2. The van der Waals surface area contributed by atoms with E-state index in [1.165, 1.54) is 0 Å². The molecule has 0 spiro atoms. The molecule has 2 N–H and O–H groups in total. The minimum atomic E-state index is 0.583. The van der Waals surface area contributed by atoms with Crippen molar-refractivity contribution >= 4 is 11.8 Å². The number of aromatic nitrogens is 2. The molecule has 0 aliphatic heterocycles. The Labute approximate surface area is 85.2 Å². The first-order valence-corrected chi connectivity index (χ1v) is 4.95. The van der Waals surface area contributed by atoms with Gasteiger partial charge in [0.15, 0.2) is 0 Å². The van der Waals surface area contributed by atoms with Gasteiger partial charge in [0, 0.05) is 24.3 Å². The predicted octanol–water partition coefficient (Wildman–Crippen LogP) is 1.52. The highest BCUT2D eigenvalue weighted by Crippen LogP contribution is 2.16. The van der Waals surface area contributed by atoms with Crippen LogP contribution in [0.3, 0.4) is 0 Å². The Hall–Kier alpha value is -1.32. The van der Waals surface area contributed by atoms with Crippen molar-refractivity contribution in [3.05, 3.63) is 11.3 Å². The largest absolute Gasteiger partial charge is 0.383 e. The lowest BCUT2D eigenvalue weighted by atomic mass is 10.2. The maximum atomic E-state index is 5.79. The van der Waals surface area contributed by atoms with Crippen molar-refractivity contribution in [3.8, 4) is 0 Å². The van der Waals surface area contributed by atoms with Crippen molar-refractivity contribution in [1.29, 1.82) is 0 Å². The van der Waals surface area contributed by atoms with E-state index in [1.54, 1.807) is 0 Å². The monoisotopic (exact) mass is 194 g/mol. The van der Waals surface area contributed by atoms with Crippen LogP contribution in [0.5, 0.6) is 0 Å². The predicted molar refractivity (Wildman–Crippen MR) is 59.5 cm³/mol. The van der Waals surface area contributed by atoms with Crippen LogP contribution in [0.2, 0.25) is 0 Å². The van der Waals surface area contributed by atoms with Gasteiger partial charge >= 0.3 is 0 Å². The SMILES string of the molecule is CCN(CC)c1nc(C)c(C)c(N)n1. The second kappa shape index (κ2) is 4.26. The molecule has 1 heterocycles. The third-order valence-electron chi connectivity index (χ3n) is 2.46. The minimum Gasteiger partial charge on any atom is -0.383 e. The summed E-state index contributed by atoms with van der Waals surface area (Å²) in [5, 5.41) is 0. The molecule has 0 amide bonds. The molecule has 78 valence electrons. The van der Waals surface area contributed by atoms with Crippen LogP contribution in [0.1, 0.15) is 25.1 Å². The smallest absolute Gasteiger partial charge is 0.227 e. The van der Waals surface area contributed by atoms with Crippen molar-refractivity contribution in [2.75, 3.05) is 23.7 Å². The molecule has 4 heteroatoms. The number of aryl methyl sites for hydroxylation is 1. The third kappa shape index (κ3) is 1.95. The highest BCUT2D eigenvalue weighted by Gasteiger charge is 2.09. The molecule has 0 radical (unpaired) electrons. The standard InChI is InChI=1S/C10H18N4/c1-5-14(6-2)10-12-8(4)7(3)9(11)13-10/h5-6H2,1-4H3,(H2,11,12,13). The van der Waals surface area contributed by atoms with E-state index >= 15 is 0 Å². The maximum absolute atomic E-state index is 5.79. The quantitative estimate of drug-likeness (QED) is 0.792. The Morgan fingerprint density at radius 2 is 1.71 bits per heavy atom. The van der Waals surface area contributed by atoms with Crippen molar-refractivity contribution < 1.29 is 0 Å². The zero-order valence-corrected chi connectivity index (χ0v) is 9.33. The van der Waals surface area contributed by atoms with Gasteiger partial charge < -0.3 is 10.6 Å². The summed E-state index contributed by atoms with van der Waals surface area (Å²) < 4.78 is 0. The van der Waals surface area contributed by atoms with Gasteiger partial charge in [0.05, 0.1) is 0 Å². The molecular formula is C10H18N4. The lowest BCUT2D eigenvalue weighted by Gasteiger charge is -2.19. The molecule has 1 rings (SSSR count). The molecule has 0 saturated heterocycles. The van der Waals surface area contributed by atoms with E-state index in [-0.39, 0.29) is 0 Å². The van der Waals surface area contributed by atoms with Crippen LogP contribution >= 0.6 is 0 Å². The van der Waals surface area contributed by atoms with Gasteiger partial charge in [0.1, 0.15) is 5.82 Å². The Morgan fingerprint density at radius 1 is 1.14 bits per heavy atom. The second-order valence-corrected chi connectivity index (χ2v) is 3.29. The van der Waals surface area contributed by atoms with Crippen LogP contribution in [0.25, 0.3) is 0 Å². The van der Waals surface area contributed by atoms with E-state index in [4.69, 9.17) is 5.73 Å². The maximum Gasteiger partial charge on any atom is 0.227 e. The zero-order chi connectivity index (χ0) is 10.7. The summed E-state index contributed by atoms with van der Waals surface area (Å²) in [5.41, 5.74) is 7.72. The lowest BCUT2D eigenvalue weighted by Crippen LogP contribution is -2.25. The average molecular weight is 194 g/mol. The molecule has 0 aliphatic rings. The molecule has 14 heavy (non-hydrogen) atoms. The van der Waals surface area contributed by atoms with E-state index in [9.17, 15) is 0 Å². The first-order valence-electron chi connectivity index (χ1n) is 4.95. The molecule has 1 aromatic heterocycles. The Balaban J connectivity index is 3.11. The van der Waals surface area contributed by atoms with Crippen molar-refractivity contribution in [3.63, 3.8) is 0 Å². The number of nitrogens with two attached hydrogens (primary N) is 1. The molecule has 0 aromatic carbocycles. The Kier molecular flexibility index (Phi) is 3.28. The van der Waals surface area contributed by atoms with E-state index < -0.39 is 0 Å². The molecule has 0 aliphatic carbocycles. The summed E-state index contributed by atoms with van der Waals surface area (Å²) in [6.07, 6.45) is 0. The van der Waals surface area contributed by atoms with E-state index in [2.05, 4.69) is 28.7 Å². The number of nitrogen functional groups attached to an aromatic ring is 1. The summed E-state index contributed by atoms with van der Waals surface area (Å²) in [6.45, 7) is 9.87. The third-order valence-corrected chi connectivity index (χ3v) is 2.46. The van der Waals surface area contributed by atoms with Gasteiger partial charge in [-0.1, -0.05) is 0 Å². The van der Waals surface area contributed by atoms with Gasteiger partial charge in [-0.15, -0.1) is 0 Å². The fourth-order valence-corrected chi connectivity index (χ4v) is 1.28. The van der Waals surface area contributed by atoms with E-state index in [1.807, 2.05) is 13.8 Å².